The van der Waals surface area contributed by atoms with Gasteiger partial charge >= 0.3 is 0 Å². The van der Waals surface area contributed by atoms with Gasteiger partial charge in [0.15, 0.2) is 5.13 Å². The molecule has 0 radical (unpaired) electrons. The number of hydrogen-bond acceptors (Lipinski definition) is 5. The van der Waals surface area contributed by atoms with Gasteiger partial charge in [-0.15, -0.1) is 0 Å². The Hall–Kier alpha value is -2.02. The highest BCUT2D eigenvalue weighted by molar-refractivity contribution is 7.22. The third-order valence-electron chi connectivity index (χ3n) is 2.52. The summed E-state index contributed by atoms with van der Waals surface area (Å²) < 4.78 is 0.685. The average Bonchev–Trinajstić information content (AvgIpc) is 2.66. The molecule has 1 heterocycles. The van der Waals surface area contributed by atoms with Crippen molar-refractivity contribution in [3.05, 3.63) is 28.3 Å². The number of rotatable bonds is 3. The predicted molar refractivity (Wildman–Crippen MR) is 79.0 cm³/mol. The second-order valence-corrected chi connectivity index (χ2v) is 6.74. The maximum atomic E-state index is 11.8. The predicted octanol–water partition coefficient (Wildman–Crippen LogP) is 3.58. The van der Waals surface area contributed by atoms with Gasteiger partial charge < -0.3 is 5.32 Å². The lowest BCUT2D eigenvalue weighted by atomic mass is 9.92. The second-order valence-electron chi connectivity index (χ2n) is 5.71. The van der Waals surface area contributed by atoms with Crippen LogP contribution in [0.25, 0.3) is 10.2 Å². The highest BCUT2D eigenvalue weighted by atomic mass is 32.1. The number of nitrogens with one attached hydrogen (secondary N) is 1. The van der Waals surface area contributed by atoms with Crippen LogP contribution in [-0.2, 0) is 4.79 Å². The van der Waals surface area contributed by atoms with Gasteiger partial charge in [0.25, 0.3) is 5.69 Å². The van der Waals surface area contributed by atoms with E-state index in [0.29, 0.717) is 21.8 Å². The lowest BCUT2D eigenvalue weighted by molar-refractivity contribution is -0.384. The molecular weight excluding hydrogens is 278 g/mol. The van der Waals surface area contributed by atoms with E-state index in [0.717, 1.165) is 0 Å². The molecule has 0 aliphatic rings. The van der Waals surface area contributed by atoms with Crippen molar-refractivity contribution < 1.29 is 9.72 Å². The third-order valence-corrected chi connectivity index (χ3v) is 3.45. The van der Waals surface area contributed by atoms with Crippen LogP contribution in [0.5, 0.6) is 0 Å². The number of fused-ring (bicyclic) bond motifs is 1. The van der Waals surface area contributed by atoms with Gasteiger partial charge in [0.1, 0.15) is 0 Å². The van der Waals surface area contributed by atoms with E-state index >= 15 is 0 Å². The maximum absolute atomic E-state index is 11.8. The van der Waals surface area contributed by atoms with Crippen molar-refractivity contribution in [1.29, 1.82) is 0 Å². The first-order chi connectivity index (χ1) is 9.24. The van der Waals surface area contributed by atoms with Gasteiger partial charge in [-0.25, -0.2) is 4.98 Å². The number of nitro groups is 1. The van der Waals surface area contributed by atoms with Crippen molar-refractivity contribution in [3.8, 4) is 0 Å². The Balaban J connectivity index is 2.20. The number of nitrogens with zero attached hydrogens (tertiary/aromatic N) is 2. The fraction of sp³-hybridized carbons (Fsp3) is 0.385. The minimum atomic E-state index is -0.447. The first-order valence-electron chi connectivity index (χ1n) is 6.09. The summed E-state index contributed by atoms with van der Waals surface area (Å²) >= 11 is 1.24. The standard InChI is InChI=1S/C13H15N3O3S/c1-13(2,3)7-11(17)15-12-14-9-5-4-8(16(18)19)6-10(9)20-12/h4-6H,7H2,1-3H3,(H,14,15,17). The monoisotopic (exact) mass is 293 g/mol. The van der Waals surface area contributed by atoms with Crippen LogP contribution < -0.4 is 5.32 Å². The number of benzene rings is 1. The molecule has 1 N–H and O–H groups in total. The number of aromatic nitrogens is 1. The quantitative estimate of drug-likeness (QED) is 0.692. The molecule has 7 heteroatoms. The Morgan fingerprint density at radius 1 is 1.45 bits per heavy atom. The molecule has 1 aromatic heterocycles. The first-order valence-corrected chi connectivity index (χ1v) is 6.91. The molecule has 2 aromatic rings. The van der Waals surface area contributed by atoms with Crippen LogP contribution in [0.4, 0.5) is 10.8 Å². The zero-order chi connectivity index (χ0) is 14.9. The number of carbonyl (C=O) groups is 1. The van der Waals surface area contributed by atoms with Crippen molar-refractivity contribution in [3.63, 3.8) is 0 Å². The molecule has 0 saturated heterocycles. The highest BCUT2D eigenvalue weighted by Crippen LogP contribution is 2.29. The molecule has 106 valence electrons. The molecule has 0 unspecified atom stereocenters. The van der Waals surface area contributed by atoms with Crippen molar-refractivity contribution in [2.24, 2.45) is 5.41 Å². The van der Waals surface area contributed by atoms with Crippen LogP contribution in [0.15, 0.2) is 18.2 Å². The lowest BCUT2D eigenvalue weighted by Gasteiger charge is -2.16. The molecule has 6 nitrogen and oxygen atoms in total. The number of thiazole rings is 1. The molecule has 0 atom stereocenters. The van der Waals surface area contributed by atoms with E-state index in [4.69, 9.17) is 0 Å². The summed E-state index contributed by atoms with van der Waals surface area (Å²) in [7, 11) is 0. The summed E-state index contributed by atoms with van der Waals surface area (Å²) in [5.41, 5.74) is 0.569. The van der Waals surface area contributed by atoms with Gasteiger partial charge in [-0.05, 0) is 11.5 Å². The number of hydrogen-bond donors (Lipinski definition) is 1. The summed E-state index contributed by atoms with van der Waals surface area (Å²) in [4.78, 5) is 26.3. The van der Waals surface area contributed by atoms with Gasteiger partial charge in [-0.3, -0.25) is 14.9 Å². The molecule has 20 heavy (non-hydrogen) atoms. The molecule has 1 amide bonds. The van der Waals surface area contributed by atoms with E-state index in [2.05, 4.69) is 10.3 Å². The molecule has 0 aliphatic heterocycles. The molecule has 0 bridgehead atoms. The number of non-ortho nitro benzene ring substituents is 1. The Morgan fingerprint density at radius 2 is 2.15 bits per heavy atom. The van der Waals surface area contributed by atoms with E-state index < -0.39 is 4.92 Å². The molecule has 0 aliphatic carbocycles. The normalized spacial score (nSPS) is 11.6. The van der Waals surface area contributed by atoms with E-state index in [1.807, 2.05) is 20.8 Å². The molecule has 0 fully saturated rings. The van der Waals surface area contributed by atoms with Crippen LogP contribution in [0, 0.1) is 15.5 Å². The number of anilines is 1. The number of amides is 1. The van der Waals surface area contributed by atoms with Crippen LogP contribution >= 0.6 is 11.3 Å². The van der Waals surface area contributed by atoms with Crippen molar-refractivity contribution in [2.75, 3.05) is 5.32 Å². The second kappa shape index (κ2) is 5.16. The van der Waals surface area contributed by atoms with Gasteiger partial charge in [0.2, 0.25) is 5.91 Å². The summed E-state index contributed by atoms with van der Waals surface area (Å²) in [5.74, 6) is -0.106. The van der Waals surface area contributed by atoms with Gasteiger partial charge in [-0.2, -0.15) is 0 Å². The fourth-order valence-corrected chi connectivity index (χ4v) is 2.64. The summed E-state index contributed by atoms with van der Waals surface area (Å²) in [6.07, 6.45) is 0.392. The van der Waals surface area contributed by atoms with Crippen LogP contribution in [0.1, 0.15) is 27.2 Å². The molecule has 0 spiro atoms. The minimum Gasteiger partial charge on any atom is -0.302 e. The first kappa shape index (κ1) is 14.4. The van der Waals surface area contributed by atoms with Crippen LogP contribution in [-0.4, -0.2) is 15.8 Å². The number of nitro benzene ring substituents is 1. The van der Waals surface area contributed by atoms with E-state index in [9.17, 15) is 14.9 Å². The summed E-state index contributed by atoms with van der Waals surface area (Å²) in [5, 5.41) is 13.9. The minimum absolute atomic E-state index is 0.0220. The van der Waals surface area contributed by atoms with Crippen LogP contribution in [0.3, 0.4) is 0 Å². The van der Waals surface area contributed by atoms with E-state index in [-0.39, 0.29) is 17.0 Å². The van der Waals surface area contributed by atoms with Gasteiger partial charge in [0.05, 0.1) is 15.1 Å². The third kappa shape index (κ3) is 3.51. The Kier molecular flexibility index (Phi) is 3.71. The van der Waals surface area contributed by atoms with E-state index in [1.165, 1.54) is 23.5 Å². The van der Waals surface area contributed by atoms with Crippen molar-refractivity contribution in [1.82, 2.24) is 4.98 Å². The largest absolute Gasteiger partial charge is 0.302 e. The zero-order valence-electron chi connectivity index (χ0n) is 11.5. The number of carbonyl (C=O) groups excluding carboxylic acids is 1. The summed E-state index contributed by atoms with van der Waals surface area (Å²) in [6, 6.07) is 4.46. The van der Waals surface area contributed by atoms with Gasteiger partial charge in [0, 0.05) is 18.6 Å². The Labute approximate surface area is 120 Å². The summed E-state index contributed by atoms with van der Waals surface area (Å²) in [6.45, 7) is 5.94. The molecular formula is C13H15N3O3S. The molecule has 1 aromatic carbocycles. The fourth-order valence-electron chi connectivity index (χ4n) is 1.73. The SMILES string of the molecule is CC(C)(C)CC(=O)Nc1nc2ccc([N+](=O)[O-])cc2s1. The Morgan fingerprint density at radius 3 is 2.75 bits per heavy atom. The Bertz CT molecular complexity index is 673. The maximum Gasteiger partial charge on any atom is 0.270 e. The highest BCUT2D eigenvalue weighted by Gasteiger charge is 2.17. The molecule has 0 saturated carbocycles. The average molecular weight is 293 g/mol. The van der Waals surface area contributed by atoms with Crippen molar-refractivity contribution in [2.45, 2.75) is 27.2 Å². The van der Waals surface area contributed by atoms with E-state index in [1.54, 1.807) is 6.07 Å². The lowest BCUT2D eigenvalue weighted by Crippen LogP contribution is -2.19. The van der Waals surface area contributed by atoms with Crippen LogP contribution in [0.2, 0.25) is 0 Å². The molecule has 2 rings (SSSR count). The van der Waals surface area contributed by atoms with Gasteiger partial charge in [-0.1, -0.05) is 32.1 Å². The zero-order valence-corrected chi connectivity index (χ0v) is 12.3. The topological polar surface area (TPSA) is 85.1 Å². The van der Waals surface area contributed by atoms with Crippen molar-refractivity contribution >= 4 is 38.3 Å². The smallest absolute Gasteiger partial charge is 0.270 e.